The second-order valence-corrected chi connectivity index (χ2v) is 5.64. The highest BCUT2D eigenvalue weighted by Crippen LogP contribution is 2.18. The molecule has 0 bridgehead atoms. The van der Waals surface area contributed by atoms with Crippen molar-refractivity contribution in [1.29, 1.82) is 0 Å². The van der Waals surface area contributed by atoms with Crippen molar-refractivity contribution < 1.29 is 4.79 Å². The number of nitrogen functional groups attached to an aromatic ring is 1. The largest absolute Gasteiger partial charge is 0.382 e. The summed E-state index contributed by atoms with van der Waals surface area (Å²) in [6, 6.07) is 16.9. The second kappa shape index (κ2) is 7.14. The Labute approximate surface area is 144 Å². The topological polar surface area (TPSA) is 85.8 Å². The van der Waals surface area contributed by atoms with Gasteiger partial charge in [0, 0.05) is 11.6 Å². The molecule has 0 aliphatic carbocycles. The van der Waals surface area contributed by atoms with Crippen LogP contribution in [0.25, 0.3) is 5.69 Å². The van der Waals surface area contributed by atoms with E-state index in [4.69, 9.17) is 17.3 Å². The maximum Gasteiger partial charge on any atom is 0.275 e. The van der Waals surface area contributed by atoms with Gasteiger partial charge in [-0.05, 0) is 30.2 Å². The predicted octanol–water partition coefficient (Wildman–Crippen LogP) is 2.48. The smallest absolute Gasteiger partial charge is 0.275 e. The van der Waals surface area contributed by atoms with Gasteiger partial charge in [-0.25, -0.2) is 0 Å². The maximum absolute atomic E-state index is 12.2. The molecular weight excluding hydrogens is 326 g/mol. The standard InChI is InChI=1S/C17H16ClN5O/c18-13-7-4-8-14(11-13)23-16(19)15(21-22-23)17(24)20-10-9-12-5-2-1-3-6-12/h1-8,11H,9-10,19H2,(H,20,24). The first-order chi connectivity index (χ1) is 11.6. The molecule has 3 aromatic rings. The number of hydrogen-bond acceptors (Lipinski definition) is 4. The van der Waals surface area contributed by atoms with Gasteiger partial charge < -0.3 is 11.1 Å². The molecule has 0 fully saturated rings. The molecule has 0 atom stereocenters. The van der Waals surface area contributed by atoms with E-state index >= 15 is 0 Å². The third-order valence-electron chi connectivity index (χ3n) is 3.51. The number of anilines is 1. The van der Waals surface area contributed by atoms with Crippen molar-refractivity contribution in [3.05, 3.63) is 70.9 Å². The van der Waals surface area contributed by atoms with Crippen molar-refractivity contribution in [2.45, 2.75) is 6.42 Å². The van der Waals surface area contributed by atoms with Gasteiger partial charge in [0.1, 0.15) is 0 Å². The number of benzene rings is 2. The Hall–Kier alpha value is -2.86. The molecule has 0 radical (unpaired) electrons. The third-order valence-corrected chi connectivity index (χ3v) is 3.75. The van der Waals surface area contributed by atoms with Gasteiger partial charge in [-0.2, -0.15) is 4.68 Å². The lowest BCUT2D eigenvalue weighted by Crippen LogP contribution is -2.27. The zero-order chi connectivity index (χ0) is 16.9. The van der Waals surface area contributed by atoms with Crippen LogP contribution < -0.4 is 11.1 Å². The molecule has 0 aliphatic heterocycles. The van der Waals surface area contributed by atoms with Crippen LogP contribution in [-0.4, -0.2) is 27.4 Å². The van der Waals surface area contributed by atoms with E-state index in [9.17, 15) is 4.79 Å². The van der Waals surface area contributed by atoms with Gasteiger partial charge in [0.25, 0.3) is 5.91 Å². The number of hydrogen-bond donors (Lipinski definition) is 2. The highest BCUT2D eigenvalue weighted by Gasteiger charge is 2.18. The molecule has 0 unspecified atom stereocenters. The summed E-state index contributed by atoms with van der Waals surface area (Å²) in [7, 11) is 0. The normalized spacial score (nSPS) is 10.5. The zero-order valence-electron chi connectivity index (χ0n) is 12.8. The van der Waals surface area contributed by atoms with Crippen LogP contribution in [0.15, 0.2) is 54.6 Å². The minimum Gasteiger partial charge on any atom is -0.382 e. The van der Waals surface area contributed by atoms with Crippen LogP contribution in [-0.2, 0) is 6.42 Å². The number of aromatic nitrogens is 3. The zero-order valence-corrected chi connectivity index (χ0v) is 13.6. The van der Waals surface area contributed by atoms with Crippen molar-refractivity contribution in [1.82, 2.24) is 20.3 Å². The Morgan fingerprint density at radius 3 is 2.71 bits per heavy atom. The van der Waals surface area contributed by atoms with Crippen molar-refractivity contribution in [2.75, 3.05) is 12.3 Å². The Morgan fingerprint density at radius 2 is 1.96 bits per heavy atom. The van der Waals surface area contributed by atoms with Gasteiger partial charge in [0.2, 0.25) is 0 Å². The fraction of sp³-hybridized carbons (Fsp3) is 0.118. The molecule has 0 spiro atoms. The summed E-state index contributed by atoms with van der Waals surface area (Å²) >= 11 is 5.96. The fourth-order valence-electron chi connectivity index (χ4n) is 2.30. The first-order valence-corrected chi connectivity index (χ1v) is 7.82. The molecular formula is C17H16ClN5O. The number of carbonyl (C=O) groups is 1. The summed E-state index contributed by atoms with van der Waals surface area (Å²) in [6.45, 7) is 0.492. The molecule has 0 saturated heterocycles. The average molecular weight is 342 g/mol. The van der Waals surface area contributed by atoms with E-state index in [-0.39, 0.29) is 17.4 Å². The van der Waals surface area contributed by atoms with Crippen molar-refractivity contribution in [3.63, 3.8) is 0 Å². The van der Waals surface area contributed by atoms with Crippen LogP contribution in [0.2, 0.25) is 5.02 Å². The molecule has 24 heavy (non-hydrogen) atoms. The van der Waals surface area contributed by atoms with Crippen LogP contribution in [0.4, 0.5) is 5.82 Å². The summed E-state index contributed by atoms with van der Waals surface area (Å²) in [5.41, 5.74) is 7.90. The summed E-state index contributed by atoms with van der Waals surface area (Å²) in [6.07, 6.45) is 0.731. The first-order valence-electron chi connectivity index (χ1n) is 7.44. The van der Waals surface area contributed by atoms with Crippen LogP contribution >= 0.6 is 11.6 Å². The lowest BCUT2D eigenvalue weighted by atomic mass is 10.1. The Balaban J connectivity index is 1.68. The van der Waals surface area contributed by atoms with E-state index in [0.29, 0.717) is 17.3 Å². The molecule has 3 N–H and O–H groups in total. The molecule has 0 aliphatic rings. The van der Waals surface area contributed by atoms with Crippen LogP contribution in [0.1, 0.15) is 16.1 Å². The lowest BCUT2D eigenvalue weighted by molar-refractivity contribution is 0.0950. The van der Waals surface area contributed by atoms with Gasteiger partial charge in [-0.3, -0.25) is 4.79 Å². The third kappa shape index (κ3) is 3.55. The van der Waals surface area contributed by atoms with E-state index in [0.717, 1.165) is 12.0 Å². The first kappa shape index (κ1) is 16.0. The molecule has 2 aromatic carbocycles. The quantitative estimate of drug-likeness (QED) is 0.746. The van der Waals surface area contributed by atoms with Crippen LogP contribution in [0, 0.1) is 0 Å². The summed E-state index contributed by atoms with van der Waals surface area (Å²) in [4.78, 5) is 12.2. The fourth-order valence-corrected chi connectivity index (χ4v) is 2.48. The summed E-state index contributed by atoms with van der Waals surface area (Å²) in [5.74, 6) is -0.175. The van der Waals surface area contributed by atoms with Gasteiger partial charge in [0.15, 0.2) is 11.5 Å². The van der Waals surface area contributed by atoms with Gasteiger partial charge in [-0.1, -0.05) is 53.2 Å². The molecule has 122 valence electrons. The monoisotopic (exact) mass is 341 g/mol. The SMILES string of the molecule is Nc1c(C(=O)NCCc2ccccc2)nnn1-c1cccc(Cl)c1. The average Bonchev–Trinajstić information content (AvgIpc) is 2.97. The Kier molecular flexibility index (Phi) is 4.77. The van der Waals surface area contributed by atoms with Crippen molar-refractivity contribution in [3.8, 4) is 5.69 Å². The van der Waals surface area contributed by atoms with Crippen molar-refractivity contribution in [2.24, 2.45) is 0 Å². The van der Waals surface area contributed by atoms with Crippen LogP contribution in [0.3, 0.4) is 0 Å². The number of nitrogens with two attached hydrogens (primary N) is 1. The minimum absolute atomic E-state index is 0.100. The highest BCUT2D eigenvalue weighted by molar-refractivity contribution is 6.30. The maximum atomic E-state index is 12.2. The summed E-state index contributed by atoms with van der Waals surface area (Å²) < 4.78 is 1.39. The molecule has 0 saturated carbocycles. The van der Waals surface area contributed by atoms with Crippen molar-refractivity contribution >= 4 is 23.3 Å². The number of carbonyl (C=O) groups excluding carboxylic acids is 1. The van der Waals surface area contributed by atoms with E-state index < -0.39 is 0 Å². The Bertz CT molecular complexity index is 847. The number of nitrogens with zero attached hydrogens (tertiary/aromatic N) is 3. The van der Waals surface area contributed by atoms with Gasteiger partial charge in [-0.15, -0.1) is 5.10 Å². The summed E-state index contributed by atoms with van der Waals surface area (Å²) in [5, 5.41) is 11.2. The van der Waals surface area contributed by atoms with E-state index in [2.05, 4.69) is 15.6 Å². The van der Waals surface area contributed by atoms with Crippen LogP contribution in [0.5, 0.6) is 0 Å². The predicted molar refractivity (Wildman–Crippen MR) is 93.3 cm³/mol. The molecule has 1 aromatic heterocycles. The number of rotatable bonds is 5. The number of halogens is 1. The lowest BCUT2D eigenvalue weighted by Gasteiger charge is -2.05. The van der Waals surface area contributed by atoms with E-state index in [1.807, 2.05) is 30.3 Å². The molecule has 3 rings (SSSR count). The molecule has 6 nitrogen and oxygen atoms in total. The van der Waals surface area contributed by atoms with E-state index in [1.54, 1.807) is 24.3 Å². The molecule has 1 heterocycles. The number of amides is 1. The highest BCUT2D eigenvalue weighted by atomic mass is 35.5. The molecule has 7 heteroatoms. The second-order valence-electron chi connectivity index (χ2n) is 5.21. The van der Waals surface area contributed by atoms with E-state index in [1.165, 1.54) is 4.68 Å². The minimum atomic E-state index is -0.350. The number of nitrogens with one attached hydrogen (secondary N) is 1. The Morgan fingerprint density at radius 1 is 1.17 bits per heavy atom. The molecule has 1 amide bonds. The van der Waals surface area contributed by atoms with Gasteiger partial charge in [0.05, 0.1) is 5.69 Å². The van der Waals surface area contributed by atoms with Gasteiger partial charge >= 0.3 is 0 Å².